The fraction of sp³-hybridized carbons (Fsp3) is 0.263. The van der Waals surface area contributed by atoms with E-state index in [0.717, 1.165) is 22.2 Å². The zero-order valence-electron chi connectivity index (χ0n) is 13.9. The number of imide groups is 1. The van der Waals surface area contributed by atoms with E-state index in [1.54, 1.807) is 6.26 Å². The molecule has 2 N–H and O–H groups in total. The van der Waals surface area contributed by atoms with Gasteiger partial charge in [0.25, 0.3) is 5.91 Å². The first-order chi connectivity index (χ1) is 12.1. The van der Waals surface area contributed by atoms with Crippen molar-refractivity contribution in [2.45, 2.75) is 31.8 Å². The number of rotatable bonds is 4. The number of anilines is 1. The van der Waals surface area contributed by atoms with Gasteiger partial charge in [-0.2, -0.15) is 0 Å². The number of carbonyl (C=O) groups is 2. The minimum atomic E-state index is -0.759. The van der Waals surface area contributed by atoms with Crippen molar-refractivity contribution in [2.75, 3.05) is 5.32 Å². The Labute approximate surface area is 144 Å². The number of benzene rings is 1. The number of nitrogens with zero attached hydrogens (tertiary/aromatic N) is 1. The third-order valence-corrected chi connectivity index (χ3v) is 4.87. The molecule has 3 aromatic rings. The van der Waals surface area contributed by atoms with Crippen LogP contribution in [0.25, 0.3) is 10.8 Å². The van der Waals surface area contributed by atoms with Gasteiger partial charge < -0.3 is 14.3 Å². The standard InChI is InChI=1S/C19H19N3O3/c1-19(8-7-17(23)21-18(19)24)22-11-13-4-2-6-16(15(13)12-22)20-10-14-5-3-9-25-14/h2-6,9,11-12,20H,7-8,10H2,1H3,(H,21,23,24). The van der Waals surface area contributed by atoms with Crippen LogP contribution in [0.5, 0.6) is 0 Å². The van der Waals surface area contributed by atoms with Gasteiger partial charge in [-0.05, 0) is 31.5 Å². The highest BCUT2D eigenvalue weighted by Crippen LogP contribution is 2.32. The second kappa shape index (κ2) is 5.81. The maximum atomic E-state index is 12.4. The van der Waals surface area contributed by atoms with Crippen LogP contribution in [0.4, 0.5) is 5.69 Å². The lowest BCUT2D eigenvalue weighted by atomic mass is 9.91. The third kappa shape index (κ3) is 2.69. The third-order valence-electron chi connectivity index (χ3n) is 4.87. The number of nitrogens with one attached hydrogen (secondary N) is 2. The SMILES string of the molecule is CC1(n2cc3cccc(NCc4ccco4)c3c2)CCC(=O)NC1=O. The van der Waals surface area contributed by atoms with E-state index in [2.05, 4.69) is 10.6 Å². The van der Waals surface area contributed by atoms with Crippen molar-refractivity contribution in [3.05, 3.63) is 54.7 Å². The van der Waals surface area contributed by atoms with Gasteiger partial charge in [0.05, 0.1) is 12.8 Å². The Hall–Kier alpha value is -3.02. The molecule has 0 saturated carbocycles. The Bertz CT molecular complexity index is 942. The molecule has 1 aliphatic heterocycles. The van der Waals surface area contributed by atoms with Gasteiger partial charge in [-0.1, -0.05) is 12.1 Å². The zero-order valence-corrected chi connectivity index (χ0v) is 13.9. The van der Waals surface area contributed by atoms with Crippen LogP contribution in [-0.2, 0) is 21.7 Å². The highest BCUT2D eigenvalue weighted by atomic mass is 16.3. The number of furan rings is 1. The molecule has 3 heterocycles. The van der Waals surface area contributed by atoms with Crippen LogP contribution in [0, 0.1) is 0 Å². The molecule has 6 heteroatoms. The van der Waals surface area contributed by atoms with E-state index in [1.807, 2.05) is 54.2 Å². The monoisotopic (exact) mass is 337 g/mol. The van der Waals surface area contributed by atoms with Gasteiger partial charge in [0, 0.05) is 35.3 Å². The van der Waals surface area contributed by atoms with E-state index in [1.165, 1.54) is 0 Å². The molecule has 6 nitrogen and oxygen atoms in total. The Balaban J connectivity index is 1.67. The highest BCUT2D eigenvalue weighted by Gasteiger charge is 2.39. The molecule has 0 bridgehead atoms. The van der Waals surface area contributed by atoms with Gasteiger partial charge in [-0.25, -0.2) is 0 Å². The van der Waals surface area contributed by atoms with Gasteiger partial charge in [-0.3, -0.25) is 14.9 Å². The van der Waals surface area contributed by atoms with Gasteiger partial charge in [-0.15, -0.1) is 0 Å². The number of hydrogen-bond donors (Lipinski definition) is 2. The van der Waals surface area contributed by atoms with Crippen LogP contribution in [0.15, 0.2) is 53.4 Å². The molecule has 2 aromatic heterocycles. The van der Waals surface area contributed by atoms with Crippen LogP contribution >= 0.6 is 0 Å². The van der Waals surface area contributed by atoms with Crippen molar-refractivity contribution in [3.63, 3.8) is 0 Å². The summed E-state index contributed by atoms with van der Waals surface area (Å²) in [6.07, 6.45) is 6.42. The first-order valence-electron chi connectivity index (χ1n) is 8.28. The average molecular weight is 337 g/mol. The fourth-order valence-corrected chi connectivity index (χ4v) is 3.24. The van der Waals surface area contributed by atoms with E-state index < -0.39 is 5.54 Å². The smallest absolute Gasteiger partial charge is 0.252 e. The summed E-state index contributed by atoms with van der Waals surface area (Å²) in [7, 11) is 0. The molecule has 0 radical (unpaired) electrons. The molecular formula is C19H19N3O3. The summed E-state index contributed by atoms with van der Waals surface area (Å²) in [5.74, 6) is 0.391. The van der Waals surface area contributed by atoms with Crippen molar-refractivity contribution in [3.8, 4) is 0 Å². The molecular weight excluding hydrogens is 318 g/mol. The van der Waals surface area contributed by atoms with Gasteiger partial charge in [0.1, 0.15) is 11.3 Å². The average Bonchev–Trinajstić information content (AvgIpc) is 3.26. The van der Waals surface area contributed by atoms with Crippen LogP contribution in [0.1, 0.15) is 25.5 Å². The van der Waals surface area contributed by atoms with Crippen molar-refractivity contribution in [1.29, 1.82) is 0 Å². The van der Waals surface area contributed by atoms with Crippen LogP contribution < -0.4 is 10.6 Å². The van der Waals surface area contributed by atoms with Gasteiger partial charge >= 0.3 is 0 Å². The number of amides is 2. The quantitative estimate of drug-likeness (QED) is 0.718. The summed E-state index contributed by atoms with van der Waals surface area (Å²) in [6.45, 7) is 2.45. The molecule has 25 heavy (non-hydrogen) atoms. The lowest BCUT2D eigenvalue weighted by molar-refractivity contribution is -0.140. The summed E-state index contributed by atoms with van der Waals surface area (Å²) >= 11 is 0. The summed E-state index contributed by atoms with van der Waals surface area (Å²) < 4.78 is 7.27. The Morgan fingerprint density at radius 3 is 2.88 bits per heavy atom. The van der Waals surface area contributed by atoms with E-state index >= 15 is 0 Å². The number of carbonyl (C=O) groups excluding carboxylic acids is 2. The van der Waals surface area contributed by atoms with Crippen molar-refractivity contribution < 1.29 is 14.0 Å². The van der Waals surface area contributed by atoms with Gasteiger partial charge in [0.15, 0.2) is 0 Å². The van der Waals surface area contributed by atoms with Crippen LogP contribution in [0.3, 0.4) is 0 Å². The maximum absolute atomic E-state index is 12.4. The molecule has 4 rings (SSSR count). The molecule has 1 atom stereocenters. The maximum Gasteiger partial charge on any atom is 0.252 e. The molecule has 2 amide bonds. The predicted octanol–water partition coefficient (Wildman–Crippen LogP) is 3.00. The molecule has 1 unspecified atom stereocenters. The highest BCUT2D eigenvalue weighted by molar-refractivity contribution is 6.02. The fourth-order valence-electron chi connectivity index (χ4n) is 3.24. The minimum absolute atomic E-state index is 0.208. The molecule has 128 valence electrons. The number of piperidine rings is 1. The van der Waals surface area contributed by atoms with E-state index in [9.17, 15) is 9.59 Å². The molecule has 0 spiro atoms. The number of hydrogen-bond acceptors (Lipinski definition) is 4. The van der Waals surface area contributed by atoms with Gasteiger partial charge in [0.2, 0.25) is 5.91 Å². The zero-order chi connectivity index (χ0) is 17.4. The summed E-state index contributed by atoms with van der Waals surface area (Å²) in [4.78, 5) is 23.8. The van der Waals surface area contributed by atoms with E-state index in [0.29, 0.717) is 19.4 Å². The lowest BCUT2D eigenvalue weighted by Gasteiger charge is -2.33. The Kier molecular flexibility index (Phi) is 3.60. The molecule has 1 aromatic carbocycles. The number of fused-ring (bicyclic) bond motifs is 1. The first-order valence-corrected chi connectivity index (χ1v) is 8.28. The second-order valence-electron chi connectivity index (χ2n) is 6.56. The van der Waals surface area contributed by atoms with Crippen LogP contribution in [-0.4, -0.2) is 16.4 Å². The molecule has 1 aliphatic rings. The summed E-state index contributed by atoms with van der Waals surface area (Å²) in [6, 6.07) is 9.77. The Morgan fingerprint density at radius 2 is 2.12 bits per heavy atom. The Morgan fingerprint density at radius 1 is 1.24 bits per heavy atom. The van der Waals surface area contributed by atoms with Crippen molar-refractivity contribution >= 4 is 28.3 Å². The second-order valence-corrected chi connectivity index (χ2v) is 6.56. The van der Waals surface area contributed by atoms with Crippen molar-refractivity contribution in [1.82, 2.24) is 9.88 Å². The number of aromatic nitrogens is 1. The summed E-state index contributed by atoms with van der Waals surface area (Å²) in [5.41, 5.74) is 0.217. The molecule has 1 saturated heterocycles. The normalized spacial score (nSPS) is 20.7. The first kappa shape index (κ1) is 15.5. The predicted molar refractivity (Wildman–Crippen MR) is 94.0 cm³/mol. The van der Waals surface area contributed by atoms with Crippen LogP contribution in [0.2, 0.25) is 0 Å². The van der Waals surface area contributed by atoms with Crippen molar-refractivity contribution in [2.24, 2.45) is 0 Å². The lowest BCUT2D eigenvalue weighted by Crippen LogP contribution is -2.52. The topological polar surface area (TPSA) is 76.3 Å². The minimum Gasteiger partial charge on any atom is -0.467 e. The summed E-state index contributed by atoms with van der Waals surface area (Å²) in [5, 5.41) is 7.88. The molecule has 0 aliphatic carbocycles. The largest absolute Gasteiger partial charge is 0.467 e. The molecule has 1 fully saturated rings. The van der Waals surface area contributed by atoms with E-state index in [-0.39, 0.29) is 11.8 Å². The van der Waals surface area contributed by atoms with E-state index in [4.69, 9.17) is 4.42 Å².